The molecule has 0 bridgehead atoms. The van der Waals surface area contributed by atoms with Crippen LogP contribution >= 0.6 is 15.9 Å². The minimum Gasteiger partial charge on any atom is -0.408 e. The van der Waals surface area contributed by atoms with Gasteiger partial charge in [-0.25, -0.2) is 0 Å². The Morgan fingerprint density at radius 1 is 1.38 bits per heavy atom. The Bertz CT molecular complexity index is 471. The molecule has 1 aromatic heterocycles. The molecular formula is C10H11BrN4O. The third kappa shape index (κ3) is 2.80. The van der Waals surface area contributed by atoms with Crippen molar-refractivity contribution in [2.75, 3.05) is 11.9 Å². The van der Waals surface area contributed by atoms with Crippen LogP contribution in [0.3, 0.4) is 0 Å². The van der Waals surface area contributed by atoms with Crippen molar-refractivity contribution in [1.29, 1.82) is 0 Å². The van der Waals surface area contributed by atoms with Gasteiger partial charge in [-0.05, 0) is 18.2 Å². The molecule has 0 fully saturated rings. The van der Waals surface area contributed by atoms with E-state index in [0.717, 1.165) is 10.2 Å². The van der Waals surface area contributed by atoms with E-state index in [0.29, 0.717) is 24.9 Å². The lowest BCUT2D eigenvalue weighted by atomic mass is 10.3. The quantitative estimate of drug-likeness (QED) is 0.898. The summed E-state index contributed by atoms with van der Waals surface area (Å²) in [7, 11) is 0. The van der Waals surface area contributed by atoms with E-state index >= 15 is 0 Å². The maximum absolute atomic E-state index is 5.39. The molecule has 5 nitrogen and oxygen atoms in total. The van der Waals surface area contributed by atoms with Gasteiger partial charge >= 0.3 is 6.01 Å². The maximum Gasteiger partial charge on any atom is 0.320 e. The number of aromatic nitrogens is 2. The molecule has 0 unspecified atom stereocenters. The molecule has 2 aromatic rings. The van der Waals surface area contributed by atoms with Crippen molar-refractivity contribution in [2.45, 2.75) is 6.42 Å². The number of nitrogens with two attached hydrogens (primary N) is 1. The molecule has 1 aromatic carbocycles. The zero-order valence-corrected chi connectivity index (χ0v) is 10.1. The molecule has 0 aliphatic heterocycles. The highest BCUT2D eigenvalue weighted by molar-refractivity contribution is 9.10. The Labute approximate surface area is 101 Å². The number of halogens is 1. The van der Waals surface area contributed by atoms with E-state index in [1.807, 2.05) is 24.3 Å². The topological polar surface area (TPSA) is 77.0 Å². The molecule has 0 spiro atoms. The Morgan fingerprint density at radius 2 is 2.25 bits per heavy atom. The molecule has 0 radical (unpaired) electrons. The van der Waals surface area contributed by atoms with Crippen molar-refractivity contribution in [1.82, 2.24) is 10.2 Å². The minimum absolute atomic E-state index is 0.376. The number of hydrogen-bond donors (Lipinski definition) is 2. The monoisotopic (exact) mass is 282 g/mol. The summed E-state index contributed by atoms with van der Waals surface area (Å²) < 4.78 is 6.32. The van der Waals surface area contributed by atoms with E-state index < -0.39 is 0 Å². The fraction of sp³-hybridized carbons (Fsp3) is 0.200. The van der Waals surface area contributed by atoms with Gasteiger partial charge in [-0.2, -0.15) is 0 Å². The number of rotatable bonds is 4. The van der Waals surface area contributed by atoms with Gasteiger partial charge in [0.05, 0.1) is 0 Å². The van der Waals surface area contributed by atoms with Crippen molar-refractivity contribution >= 4 is 27.6 Å². The van der Waals surface area contributed by atoms with Gasteiger partial charge in [0.15, 0.2) is 0 Å². The molecule has 0 saturated carbocycles. The lowest BCUT2D eigenvalue weighted by Crippen LogP contribution is -2.02. The number of anilines is 2. The molecule has 6 heteroatoms. The van der Waals surface area contributed by atoms with E-state index in [1.54, 1.807) is 0 Å². The number of nitrogens with zero attached hydrogens (tertiary/aromatic N) is 2. The first kappa shape index (κ1) is 11.1. The van der Waals surface area contributed by atoms with Crippen LogP contribution in [0.5, 0.6) is 0 Å². The Hall–Kier alpha value is -1.40. The standard InChI is InChI=1S/C10H11BrN4O/c11-7-2-1-3-8(6-7)13-10-15-14-9(16-10)4-5-12/h1-3,6H,4-5,12H2,(H,13,15). The smallest absolute Gasteiger partial charge is 0.320 e. The summed E-state index contributed by atoms with van der Waals surface area (Å²) in [5, 5.41) is 10.7. The van der Waals surface area contributed by atoms with E-state index in [4.69, 9.17) is 10.2 Å². The summed E-state index contributed by atoms with van der Waals surface area (Å²) in [6.07, 6.45) is 0.590. The van der Waals surface area contributed by atoms with Crippen LogP contribution in [0.15, 0.2) is 33.2 Å². The van der Waals surface area contributed by atoms with Gasteiger partial charge in [-0.1, -0.05) is 27.1 Å². The molecule has 16 heavy (non-hydrogen) atoms. The molecule has 3 N–H and O–H groups in total. The second kappa shape index (κ2) is 5.09. The summed E-state index contributed by atoms with van der Waals surface area (Å²) in [6.45, 7) is 0.499. The van der Waals surface area contributed by atoms with E-state index in [9.17, 15) is 0 Å². The second-order valence-electron chi connectivity index (χ2n) is 3.17. The van der Waals surface area contributed by atoms with Crippen molar-refractivity contribution in [3.8, 4) is 0 Å². The summed E-state index contributed by atoms with van der Waals surface area (Å²) >= 11 is 3.38. The summed E-state index contributed by atoms with van der Waals surface area (Å²) in [6, 6.07) is 8.08. The first-order valence-electron chi connectivity index (χ1n) is 4.83. The number of benzene rings is 1. The molecule has 84 valence electrons. The van der Waals surface area contributed by atoms with Crippen molar-refractivity contribution in [2.24, 2.45) is 5.73 Å². The maximum atomic E-state index is 5.39. The van der Waals surface area contributed by atoms with E-state index in [1.165, 1.54) is 0 Å². The first-order chi connectivity index (χ1) is 7.78. The van der Waals surface area contributed by atoms with Crippen molar-refractivity contribution in [3.05, 3.63) is 34.6 Å². The highest BCUT2D eigenvalue weighted by Crippen LogP contribution is 2.19. The lowest BCUT2D eigenvalue weighted by molar-refractivity contribution is 0.510. The fourth-order valence-corrected chi connectivity index (χ4v) is 1.62. The Kier molecular flexibility index (Phi) is 3.53. The highest BCUT2D eigenvalue weighted by Gasteiger charge is 2.05. The van der Waals surface area contributed by atoms with Gasteiger partial charge < -0.3 is 15.5 Å². The van der Waals surface area contributed by atoms with Gasteiger partial charge in [0, 0.05) is 23.1 Å². The van der Waals surface area contributed by atoms with Crippen LogP contribution in [0.4, 0.5) is 11.7 Å². The van der Waals surface area contributed by atoms with Gasteiger partial charge in [0.2, 0.25) is 5.89 Å². The third-order valence-corrected chi connectivity index (χ3v) is 2.39. The first-order valence-corrected chi connectivity index (χ1v) is 5.62. The molecule has 0 atom stereocenters. The third-order valence-electron chi connectivity index (χ3n) is 1.90. The van der Waals surface area contributed by atoms with Crippen LogP contribution in [0.1, 0.15) is 5.89 Å². The molecular weight excluding hydrogens is 272 g/mol. The van der Waals surface area contributed by atoms with Crippen LogP contribution in [0, 0.1) is 0 Å². The number of nitrogens with one attached hydrogen (secondary N) is 1. The largest absolute Gasteiger partial charge is 0.408 e. The van der Waals surface area contributed by atoms with E-state index in [2.05, 4.69) is 31.4 Å². The van der Waals surface area contributed by atoms with Crippen LogP contribution in [-0.4, -0.2) is 16.7 Å². The normalized spacial score (nSPS) is 10.4. The van der Waals surface area contributed by atoms with Crippen LogP contribution in [0.2, 0.25) is 0 Å². The average Bonchev–Trinajstić information content (AvgIpc) is 2.66. The van der Waals surface area contributed by atoms with Gasteiger partial charge in [0.25, 0.3) is 0 Å². The Balaban J connectivity index is 2.08. The zero-order chi connectivity index (χ0) is 11.4. The fourth-order valence-electron chi connectivity index (χ4n) is 1.22. The molecule has 0 aliphatic carbocycles. The van der Waals surface area contributed by atoms with Crippen molar-refractivity contribution < 1.29 is 4.42 Å². The molecule has 0 saturated heterocycles. The zero-order valence-electron chi connectivity index (χ0n) is 8.48. The molecule has 0 aliphatic rings. The molecule has 1 heterocycles. The van der Waals surface area contributed by atoms with Crippen LogP contribution in [-0.2, 0) is 6.42 Å². The SMILES string of the molecule is NCCc1nnc(Nc2cccc(Br)c2)o1. The lowest BCUT2D eigenvalue weighted by Gasteiger charge is -2.00. The second-order valence-corrected chi connectivity index (χ2v) is 4.09. The molecule has 2 rings (SSSR count). The van der Waals surface area contributed by atoms with Crippen LogP contribution in [0.25, 0.3) is 0 Å². The summed E-state index contributed by atoms with van der Waals surface area (Å²) in [5.74, 6) is 0.542. The summed E-state index contributed by atoms with van der Waals surface area (Å²) in [5.41, 5.74) is 6.27. The summed E-state index contributed by atoms with van der Waals surface area (Å²) in [4.78, 5) is 0. The van der Waals surface area contributed by atoms with Crippen molar-refractivity contribution in [3.63, 3.8) is 0 Å². The van der Waals surface area contributed by atoms with Crippen LogP contribution < -0.4 is 11.1 Å². The minimum atomic E-state index is 0.376. The van der Waals surface area contributed by atoms with Gasteiger partial charge in [0.1, 0.15) is 0 Å². The predicted molar refractivity (Wildman–Crippen MR) is 64.5 cm³/mol. The van der Waals surface area contributed by atoms with Gasteiger partial charge in [-0.3, -0.25) is 0 Å². The highest BCUT2D eigenvalue weighted by atomic mass is 79.9. The average molecular weight is 283 g/mol. The molecule has 0 amide bonds. The number of hydrogen-bond acceptors (Lipinski definition) is 5. The van der Waals surface area contributed by atoms with E-state index in [-0.39, 0.29) is 0 Å². The predicted octanol–water partition coefficient (Wildman–Crippen LogP) is 2.08. The van der Waals surface area contributed by atoms with Gasteiger partial charge in [-0.15, -0.1) is 5.10 Å². The Morgan fingerprint density at radius 3 is 3.00 bits per heavy atom.